The lowest BCUT2D eigenvalue weighted by atomic mass is 10.1. The Morgan fingerprint density at radius 1 is 1.05 bits per heavy atom. The van der Waals surface area contributed by atoms with Crippen molar-refractivity contribution in [3.05, 3.63) is 35.4 Å². The number of nitrogens with zero attached hydrogens (tertiary/aromatic N) is 2. The standard InChI is InChI=1S/C18H31N3/c1-4-13-21(5-2)14-7-6-12-20-16-18-10-8-17(9-11-18)15-19-3/h8-11,20H,3-7,12-16H2,1-2H3. The Labute approximate surface area is 130 Å². The minimum atomic E-state index is 0.708. The monoisotopic (exact) mass is 289 g/mol. The molecule has 1 N–H and O–H groups in total. The van der Waals surface area contributed by atoms with Crippen molar-refractivity contribution in [1.29, 1.82) is 0 Å². The largest absolute Gasteiger partial charge is 0.313 e. The fourth-order valence-corrected chi connectivity index (χ4v) is 2.45. The van der Waals surface area contributed by atoms with Crippen LogP contribution in [0.3, 0.4) is 0 Å². The summed E-state index contributed by atoms with van der Waals surface area (Å²) in [7, 11) is 0. The molecule has 0 unspecified atom stereocenters. The minimum Gasteiger partial charge on any atom is -0.313 e. The summed E-state index contributed by atoms with van der Waals surface area (Å²) < 4.78 is 0. The average Bonchev–Trinajstić information content (AvgIpc) is 2.51. The van der Waals surface area contributed by atoms with Gasteiger partial charge in [-0.2, -0.15) is 0 Å². The van der Waals surface area contributed by atoms with Gasteiger partial charge in [0.1, 0.15) is 0 Å². The molecule has 21 heavy (non-hydrogen) atoms. The molecule has 0 aliphatic heterocycles. The number of nitrogens with one attached hydrogen (secondary N) is 1. The van der Waals surface area contributed by atoms with Crippen molar-refractivity contribution in [2.24, 2.45) is 4.99 Å². The third kappa shape index (κ3) is 7.98. The Morgan fingerprint density at radius 3 is 2.38 bits per heavy atom. The maximum absolute atomic E-state index is 3.90. The van der Waals surface area contributed by atoms with Crippen LogP contribution in [-0.4, -0.2) is 37.8 Å². The average molecular weight is 289 g/mol. The highest BCUT2D eigenvalue weighted by Crippen LogP contribution is 2.05. The smallest absolute Gasteiger partial charge is 0.0632 e. The molecule has 0 saturated heterocycles. The summed E-state index contributed by atoms with van der Waals surface area (Å²) in [6, 6.07) is 8.62. The molecular weight excluding hydrogens is 258 g/mol. The molecule has 0 aliphatic rings. The van der Waals surface area contributed by atoms with Crippen molar-refractivity contribution in [2.45, 2.75) is 46.2 Å². The van der Waals surface area contributed by atoms with Gasteiger partial charge in [-0.3, -0.25) is 4.99 Å². The molecule has 0 amide bonds. The first kappa shape index (κ1) is 17.9. The van der Waals surface area contributed by atoms with Gasteiger partial charge in [0.05, 0.1) is 6.54 Å². The highest BCUT2D eigenvalue weighted by Gasteiger charge is 2.00. The van der Waals surface area contributed by atoms with Crippen LogP contribution < -0.4 is 5.32 Å². The quantitative estimate of drug-likeness (QED) is 0.471. The summed E-state index contributed by atoms with van der Waals surface area (Å²) >= 11 is 0. The molecule has 1 rings (SSSR count). The zero-order valence-electron chi connectivity index (χ0n) is 13.8. The second-order valence-electron chi connectivity index (χ2n) is 5.52. The molecule has 0 saturated carbocycles. The fourth-order valence-electron chi connectivity index (χ4n) is 2.45. The zero-order chi connectivity index (χ0) is 15.3. The lowest BCUT2D eigenvalue weighted by molar-refractivity contribution is 0.282. The molecule has 0 aliphatic carbocycles. The number of benzene rings is 1. The van der Waals surface area contributed by atoms with E-state index in [0.29, 0.717) is 6.54 Å². The van der Waals surface area contributed by atoms with Crippen molar-refractivity contribution in [1.82, 2.24) is 10.2 Å². The highest BCUT2D eigenvalue weighted by atomic mass is 15.1. The Balaban J connectivity index is 2.09. The third-order valence-corrected chi connectivity index (χ3v) is 3.71. The lowest BCUT2D eigenvalue weighted by Gasteiger charge is -2.19. The van der Waals surface area contributed by atoms with E-state index >= 15 is 0 Å². The molecule has 0 radical (unpaired) electrons. The van der Waals surface area contributed by atoms with Crippen molar-refractivity contribution < 1.29 is 0 Å². The fraction of sp³-hybridized carbons (Fsp3) is 0.611. The Bertz CT molecular complexity index is 373. The van der Waals surface area contributed by atoms with Gasteiger partial charge in [0, 0.05) is 6.54 Å². The van der Waals surface area contributed by atoms with Crippen LogP contribution in [0.2, 0.25) is 0 Å². The predicted molar refractivity (Wildman–Crippen MR) is 93.0 cm³/mol. The maximum Gasteiger partial charge on any atom is 0.0632 e. The minimum absolute atomic E-state index is 0.708. The number of unbranched alkanes of at least 4 members (excludes halogenated alkanes) is 1. The topological polar surface area (TPSA) is 27.6 Å². The van der Waals surface area contributed by atoms with Gasteiger partial charge in [0.15, 0.2) is 0 Å². The zero-order valence-corrected chi connectivity index (χ0v) is 13.8. The molecule has 0 spiro atoms. The van der Waals surface area contributed by atoms with Crippen molar-refractivity contribution in [3.63, 3.8) is 0 Å². The first-order chi connectivity index (χ1) is 10.3. The predicted octanol–water partition coefficient (Wildman–Crippen LogP) is 3.49. The number of hydrogen-bond acceptors (Lipinski definition) is 3. The van der Waals surface area contributed by atoms with Crippen molar-refractivity contribution >= 4 is 6.72 Å². The summed E-state index contributed by atoms with van der Waals surface area (Å²) in [5, 5.41) is 3.52. The van der Waals surface area contributed by atoms with Gasteiger partial charge in [0.25, 0.3) is 0 Å². The molecule has 0 fully saturated rings. The van der Waals surface area contributed by atoms with Gasteiger partial charge in [-0.05, 0) is 63.3 Å². The van der Waals surface area contributed by atoms with E-state index < -0.39 is 0 Å². The third-order valence-electron chi connectivity index (χ3n) is 3.71. The second-order valence-corrected chi connectivity index (χ2v) is 5.52. The van der Waals surface area contributed by atoms with Crippen LogP contribution in [0.15, 0.2) is 29.3 Å². The molecule has 0 heterocycles. The van der Waals surface area contributed by atoms with Gasteiger partial charge < -0.3 is 10.2 Å². The SMILES string of the molecule is C=NCc1ccc(CNCCCCN(CC)CCC)cc1. The van der Waals surface area contributed by atoms with E-state index in [1.165, 1.54) is 50.0 Å². The molecule has 3 nitrogen and oxygen atoms in total. The number of aliphatic imine (C=N–C) groups is 1. The number of rotatable bonds is 12. The Morgan fingerprint density at radius 2 is 1.76 bits per heavy atom. The molecular formula is C18H31N3. The molecule has 0 aromatic heterocycles. The molecule has 0 atom stereocenters. The first-order valence-corrected chi connectivity index (χ1v) is 8.23. The van der Waals surface area contributed by atoms with Crippen LogP contribution >= 0.6 is 0 Å². The Hall–Kier alpha value is -1.19. The maximum atomic E-state index is 3.90. The molecule has 1 aromatic rings. The van der Waals surface area contributed by atoms with Gasteiger partial charge >= 0.3 is 0 Å². The van der Waals surface area contributed by atoms with Gasteiger partial charge in [0.2, 0.25) is 0 Å². The Kier molecular flexibility index (Phi) is 9.75. The van der Waals surface area contributed by atoms with E-state index in [1.54, 1.807) is 0 Å². The summed E-state index contributed by atoms with van der Waals surface area (Å²) in [5.74, 6) is 0. The number of hydrogen-bond donors (Lipinski definition) is 1. The molecule has 118 valence electrons. The van der Waals surface area contributed by atoms with E-state index in [4.69, 9.17) is 0 Å². The first-order valence-electron chi connectivity index (χ1n) is 8.23. The van der Waals surface area contributed by atoms with Crippen LogP contribution in [0.1, 0.15) is 44.2 Å². The van der Waals surface area contributed by atoms with Crippen LogP contribution in [0.4, 0.5) is 0 Å². The summed E-state index contributed by atoms with van der Waals surface area (Å²) in [6.07, 6.45) is 3.78. The van der Waals surface area contributed by atoms with Crippen LogP contribution in [0.5, 0.6) is 0 Å². The molecule has 1 aromatic carbocycles. The van der Waals surface area contributed by atoms with Crippen molar-refractivity contribution in [2.75, 3.05) is 26.2 Å². The molecule has 3 heteroatoms. The molecule has 0 bridgehead atoms. The summed E-state index contributed by atoms with van der Waals surface area (Å²) in [5.41, 5.74) is 2.56. The lowest BCUT2D eigenvalue weighted by Crippen LogP contribution is -2.26. The highest BCUT2D eigenvalue weighted by molar-refractivity contribution is 5.27. The van der Waals surface area contributed by atoms with Gasteiger partial charge in [-0.25, -0.2) is 0 Å². The van der Waals surface area contributed by atoms with Gasteiger partial charge in [-0.15, -0.1) is 0 Å². The summed E-state index contributed by atoms with van der Waals surface area (Å²) in [6.45, 7) is 14.4. The van der Waals surface area contributed by atoms with Crippen molar-refractivity contribution in [3.8, 4) is 0 Å². The van der Waals surface area contributed by atoms with E-state index in [2.05, 4.69) is 60.0 Å². The van der Waals surface area contributed by atoms with E-state index in [1.807, 2.05) is 0 Å². The van der Waals surface area contributed by atoms with E-state index in [-0.39, 0.29) is 0 Å². The summed E-state index contributed by atoms with van der Waals surface area (Å²) in [4.78, 5) is 6.43. The van der Waals surface area contributed by atoms with Crippen LogP contribution in [0, 0.1) is 0 Å². The van der Waals surface area contributed by atoms with Crippen LogP contribution in [-0.2, 0) is 13.1 Å². The van der Waals surface area contributed by atoms with E-state index in [0.717, 1.165) is 13.1 Å². The van der Waals surface area contributed by atoms with Crippen LogP contribution in [0.25, 0.3) is 0 Å². The van der Waals surface area contributed by atoms with Gasteiger partial charge in [-0.1, -0.05) is 38.1 Å². The van der Waals surface area contributed by atoms with E-state index in [9.17, 15) is 0 Å². The second kappa shape index (κ2) is 11.5. The normalized spacial score (nSPS) is 11.0.